The van der Waals surface area contributed by atoms with Crippen LogP contribution < -0.4 is 5.56 Å². The van der Waals surface area contributed by atoms with Crippen molar-refractivity contribution in [2.75, 3.05) is 0 Å². The zero-order valence-corrected chi connectivity index (χ0v) is 11.8. The molecule has 0 radical (unpaired) electrons. The van der Waals surface area contributed by atoms with E-state index in [1.54, 1.807) is 0 Å². The van der Waals surface area contributed by atoms with Crippen LogP contribution in [0.1, 0.15) is 11.3 Å². The highest BCUT2D eigenvalue weighted by atomic mass is 79.9. The molecule has 0 saturated heterocycles. The zero-order valence-electron chi connectivity index (χ0n) is 10.2. The molecule has 0 aliphatic rings. The molecule has 0 unspecified atom stereocenters. The molecule has 7 heteroatoms. The van der Waals surface area contributed by atoms with Crippen LogP contribution in [-0.2, 0) is 6.18 Å². The minimum Gasteiger partial charge on any atom is -0.508 e. The van der Waals surface area contributed by atoms with Crippen molar-refractivity contribution in [1.29, 1.82) is 0 Å². The van der Waals surface area contributed by atoms with Gasteiger partial charge in [0.15, 0.2) is 0 Å². The third kappa shape index (κ3) is 2.72. The Balaban J connectivity index is 2.81. The first-order valence-corrected chi connectivity index (χ1v) is 6.29. The number of hydrogen-bond acceptors (Lipinski definition) is 2. The minimum atomic E-state index is -4.59. The van der Waals surface area contributed by atoms with Gasteiger partial charge >= 0.3 is 6.18 Å². The Kier molecular flexibility index (Phi) is 3.64. The number of halogens is 4. The van der Waals surface area contributed by atoms with Crippen molar-refractivity contribution in [2.45, 2.75) is 13.1 Å². The lowest BCUT2D eigenvalue weighted by Gasteiger charge is -2.17. The second-order valence-corrected chi connectivity index (χ2v) is 5.10. The lowest BCUT2D eigenvalue weighted by molar-refractivity contribution is -0.137. The highest BCUT2D eigenvalue weighted by Gasteiger charge is 2.34. The summed E-state index contributed by atoms with van der Waals surface area (Å²) >= 11 is 2.98. The van der Waals surface area contributed by atoms with E-state index in [4.69, 9.17) is 0 Å². The van der Waals surface area contributed by atoms with Crippen LogP contribution in [0.5, 0.6) is 5.75 Å². The molecule has 0 spiro atoms. The Morgan fingerprint density at radius 2 is 1.85 bits per heavy atom. The average Bonchev–Trinajstić information content (AvgIpc) is 2.28. The van der Waals surface area contributed by atoms with E-state index in [0.29, 0.717) is 0 Å². The number of hydrogen-bond donors (Lipinski definition) is 1. The molecular weight excluding hydrogens is 339 g/mol. The maximum Gasteiger partial charge on any atom is 0.418 e. The molecule has 0 fully saturated rings. The highest BCUT2D eigenvalue weighted by Crippen LogP contribution is 2.35. The predicted octanol–water partition coefficient (Wildman–Crippen LogP) is 3.63. The van der Waals surface area contributed by atoms with Crippen molar-refractivity contribution in [1.82, 2.24) is 4.57 Å². The van der Waals surface area contributed by atoms with Crippen LogP contribution >= 0.6 is 15.9 Å². The summed E-state index contributed by atoms with van der Waals surface area (Å²) in [6, 6.07) is 5.63. The summed E-state index contributed by atoms with van der Waals surface area (Å²) < 4.78 is 40.4. The van der Waals surface area contributed by atoms with E-state index in [0.717, 1.165) is 16.7 Å². The van der Waals surface area contributed by atoms with Gasteiger partial charge in [-0.2, -0.15) is 13.2 Å². The van der Waals surface area contributed by atoms with Gasteiger partial charge in [0.25, 0.3) is 5.56 Å². The second kappa shape index (κ2) is 4.97. The lowest BCUT2D eigenvalue weighted by atomic mass is 10.1. The molecule has 106 valence electrons. The fourth-order valence-electron chi connectivity index (χ4n) is 1.92. The van der Waals surface area contributed by atoms with E-state index in [2.05, 4.69) is 15.9 Å². The van der Waals surface area contributed by atoms with Gasteiger partial charge in [-0.3, -0.25) is 9.36 Å². The van der Waals surface area contributed by atoms with Gasteiger partial charge in [0.05, 0.1) is 11.3 Å². The molecule has 2 aromatic rings. The number of benzene rings is 1. The van der Waals surface area contributed by atoms with E-state index >= 15 is 0 Å². The smallest absolute Gasteiger partial charge is 0.418 e. The Morgan fingerprint density at radius 3 is 2.40 bits per heavy atom. The van der Waals surface area contributed by atoms with Gasteiger partial charge in [0.2, 0.25) is 0 Å². The van der Waals surface area contributed by atoms with Crippen molar-refractivity contribution in [3.8, 4) is 11.4 Å². The van der Waals surface area contributed by atoms with Crippen LogP contribution in [0, 0.1) is 6.92 Å². The number of nitrogens with zero attached hydrogens (tertiary/aromatic N) is 1. The van der Waals surface area contributed by atoms with Gasteiger partial charge < -0.3 is 5.11 Å². The largest absolute Gasteiger partial charge is 0.508 e. The summed E-state index contributed by atoms with van der Waals surface area (Å²) in [4.78, 5) is 11.8. The number of aromatic hydroxyl groups is 1. The summed E-state index contributed by atoms with van der Waals surface area (Å²) in [7, 11) is 0. The van der Waals surface area contributed by atoms with Crippen LogP contribution in [0.2, 0.25) is 0 Å². The SMILES string of the molecule is Cc1cc(O)cc(=O)n1-c1ccc(Br)cc1C(F)(F)F. The molecule has 0 aliphatic heterocycles. The summed E-state index contributed by atoms with van der Waals surface area (Å²) in [6.07, 6.45) is -4.59. The molecule has 1 heterocycles. The monoisotopic (exact) mass is 347 g/mol. The molecular formula is C13H9BrF3NO2. The number of rotatable bonds is 1. The van der Waals surface area contributed by atoms with Gasteiger partial charge in [0, 0.05) is 16.2 Å². The van der Waals surface area contributed by atoms with Crippen LogP contribution in [0.25, 0.3) is 5.69 Å². The summed E-state index contributed by atoms with van der Waals surface area (Å²) in [5.41, 5.74) is -1.72. The number of aryl methyl sites for hydroxylation is 1. The molecule has 0 saturated carbocycles. The summed E-state index contributed by atoms with van der Waals surface area (Å²) in [6.45, 7) is 1.45. The average molecular weight is 348 g/mol. The highest BCUT2D eigenvalue weighted by molar-refractivity contribution is 9.10. The van der Waals surface area contributed by atoms with Crippen molar-refractivity contribution in [3.63, 3.8) is 0 Å². The van der Waals surface area contributed by atoms with Crippen molar-refractivity contribution in [2.24, 2.45) is 0 Å². The van der Waals surface area contributed by atoms with E-state index in [1.165, 1.54) is 25.1 Å². The Morgan fingerprint density at radius 1 is 1.20 bits per heavy atom. The topological polar surface area (TPSA) is 42.2 Å². The lowest BCUT2D eigenvalue weighted by Crippen LogP contribution is -2.22. The first-order valence-electron chi connectivity index (χ1n) is 5.50. The first-order chi connectivity index (χ1) is 9.20. The van der Waals surface area contributed by atoms with Crippen molar-refractivity contribution in [3.05, 3.63) is 56.4 Å². The number of pyridine rings is 1. The Labute approximate surface area is 120 Å². The van der Waals surface area contributed by atoms with Gasteiger partial charge in [0.1, 0.15) is 5.75 Å². The fourth-order valence-corrected chi connectivity index (χ4v) is 2.29. The molecule has 3 nitrogen and oxygen atoms in total. The van der Waals surface area contributed by atoms with Gasteiger partial charge in [-0.05, 0) is 31.2 Å². The Bertz CT molecular complexity index is 723. The molecule has 0 bridgehead atoms. The van der Waals surface area contributed by atoms with Crippen LogP contribution in [0.15, 0.2) is 39.6 Å². The van der Waals surface area contributed by atoms with Crippen molar-refractivity contribution >= 4 is 15.9 Å². The first kappa shape index (κ1) is 14.6. The van der Waals surface area contributed by atoms with E-state index in [-0.39, 0.29) is 21.6 Å². The molecule has 2 rings (SSSR count). The van der Waals surface area contributed by atoms with E-state index in [9.17, 15) is 23.1 Å². The van der Waals surface area contributed by atoms with E-state index in [1.807, 2.05) is 0 Å². The quantitative estimate of drug-likeness (QED) is 0.855. The minimum absolute atomic E-state index is 0.211. The number of aromatic nitrogens is 1. The van der Waals surface area contributed by atoms with Crippen molar-refractivity contribution < 1.29 is 18.3 Å². The second-order valence-electron chi connectivity index (χ2n) is 4.19. The molecule has 1 N–H and O–H groups in total. The number of alkyl halides is 3. The summed E-state index contributed by atoms with van der Waals surface area (Å²) in [5, 5.41) is 9.30. The maximum atomic E-state index is 13.1. The zero-order chi connectivity index (χ0) is 15.1. The van der Waals surface area contributed by atoms with E-state index < -0.39 is 17.3 Å². The normalized spacial score (nSPS) is 11.7. The molecule has 20 heavy (non-hydrogen) atoms. The third-order valence-electron chi connectivity index (χ3n) is 2.71. The summed E-state index contributed by atoms with van der Waals surface area (Å²) in [5.74, 6) is -0.283. The van der Waals surface area contributed by atoms with Crippen LogP contribution in [0.3, 0.4) is 0 Å². The maximum absolute atomic E-state index is 13.1. The standard InChI is InChI=1S/C13H9BrF3NO2/c1-7-4-9(19)6-12(20)18(7)11-3-2-8(14)5-10(11)13(15,16)17/h2-6,19H,1H3. The fraction of sp³-hybridized carbons (Fsp3) is 0.154. The predicted molar refractivity (Wildman–Crippen MR) is 71.1 cm³/mol. The van der Waals surface area contributed by atoms with Gasteiger partial charge in [-0.25, -0.2) is 0 Å². The van der Waals surface area contributed by atoms with Crippen LogP contribution in [-0.4, -0.2) is 9.67 Å². The van der Waals surface area contributed by atoms with Gasteiger partial charge in [-0.1, -0.05) is 15.9 Å². The molecule has 0 atom stereocenters. The Hall–Kier alpha value is -1.76. The molecule has 0 aliphatic carbocycles. The third-order valence-corrected chi connectivity index (χ3v) is 3.20. The van der Waals surface area contributed by atoms with Crippen LogP contribution in [0.4, 0.5) is 13.2 Å². The molecule has 1 aromatic heterocycles. The van der Waals surface area contributed by atoms with Gasteiger partial charge in [-0.15, -0.1) is 0 Å². The molecule has 1 aromatic carbocycles. The molecule has 0 amide bonds.